The molecule has 0 radical (unpaired) electrons. The third-order valence-electron chi connectivity index (χ3n) is 3.09. The SMILES string of the molecule is Cc1ccc2c(c1Br)C(=O)c1c(Br)cccc1-2. The fourth-order valence-corrected chi connectivity index (χ4v) is 3.30. The Labute approximate surface area is 116 Å². The van der Waals surface area contributed by atoms with Gasteiger partial charge in [0, 0.05) is 20.1 Å². The van der Waals surface area contributed by atoms with Gasteiger partial charge in [-0.3, -0.25) is 4.79 Å². The van der Waals surface area contributed by atoms with Crippen molar-refractivity contribution >= 4 is 37.6 Å². The number of fused-ring (bicyclic) bond motifs is 3. The van der Waals surface area contributed by atoms with E-state index in [1.54, 1.807) is 0 Å². The second kappa shape index (κ2) is 3.79. The largest absolute Gasteiger partial charge is 0.288 e. The van der Waals surface area contributed by atoms with E-state index in [9.17, 15) is 4.79 Å². The number of carbonyl (C=O) groups excluding carboxylic acids is 1. The Morgan fingerprint density at radius 1 is 0.941 bits per heavy atom. The molecular formula is C14H8Br2O. The molecule has 0 aromatic heterocycles. The average Bonchev–Trinajstić information content (AvgIpc) is 2.59. The van der Waals surface area contributed by atoms with Crippen LogP contribution >= 0.6 is 31.9 Å². The van der Waals surface area contributed by atoms with Gasteiger partial charge < -0.3 is 0 Å². The van der Waals surface area contributed by atoms with Crippen LogP contribution in [0.2, 0.25) is 0 Å². The molecule has 17 heavy (non-hydrogen) atoms. The predicted molar refractivity (Wildman–Crippen MR) is 75.4 cm³/mol. The standard InChI is InChI=1S/C14H8Br2O/c1-7-5-6-9-8-3-2-4-10(15)11(8)14(17)12(9)13(7)16/h2-6H,1H3. The van der Waals surface area contributed by atoms with Gasteiger partial charge in [-0.25, -0.2) is 0 Å². The molecular weight excluding hydrogens is 344 g/mol. The molecule has 0 bridgehead atoms. The Balaban J connectivity index is 2.43. The maximum atomic E-state index is 12.4. The highest BCUT2D eigenvalue weighted by Gasteiger charge is 2.30. The second-order valence-electron chi connectivity index (χ2n) is 4.11. The lowest BCUT2D eigenvalue weighted by Crippen LogP contribution is -1.98. The molecule has 0 heterocycles. The highest BCUT2D eigenvalue weighted by Crippen LogP contribution is 2.43. The van der Waals surface area contributed by atoms with Crippen LogP contribution in [-0.4, -0.2) is 5.78 Å². The Hall–Kier alpha value is -0.930. The lowest BCUT2D eigenvalue weighted by Gasteiger charge is -2.04. The van der Waals surface area contributed by atoms with E-state index in [0.717, 1.165) is 36.8 Å². The van der Waals surface area contributed by atoms with Crippen LogP contribution < -0.4 is 0 Å². The van der Waals surface area contributed by atoms with Gasteiger partial charge in [-0.05, 0) is 45.6 Å². The lowest BCUT2D eigenvalue weighted by molar-refractivity contribution is 0.104. The van der Waals surface area contributed by atoms with E-state index in [4.69, 9.17) is 0 Å². The van der Waals surface area contributed by atoms with E-state index < -0.39 is 0 Å². The summed E-state index contributed by atoms with van der Waals surface area (Å²) in [5, 5.41) is 0. The molecule has 0 unspecified atom stereocenters. The van der Waals surface area contributed by atoms with Gasteiger partial charge in [-0.1, -0.05) is 40.2 Å². The molecule has 2 aromatic carbocycles. The summed E-state index contributed by atoms with van der Waals surface area (Å²) in [6, 6.07) is 9.91. The quantitative estimate of drug-likeness (QED) is 0.572. The number of halogens is 2. The molecule has 3 heteroatoms. The van der Waals surface area contributed by atoms with Crippen molar-refractivity contribution in [2.45, 2.75) is 6.92 Å². The molecule has 3 rings (SSSR count). The third-order valence-corrected chi connectivity index (χ3v) is 4.78. The van der Waals surface area contributed by atoms with Crippen LogP contribution in [0.5, 0.6) is 0 Å². The molecule has 0 atom stereocenters. The molecule has 0 fully saturated rings. The molecule has 1 aliphatic rings. The summed E-state index contributed by atoms with van der Waals surface area (Å²) < 4.78 is 1.77. The number of aryl methyl sites for hydroxylation is 1. The minimum absolute atomic E-state index is 0.0954. The van der Waals surface area contributed by atoms with E-state index in [1.165, 1.54) is 0 Å². The van der Waals surface area contributed by atoms with Crippen molar-refractivity contribution in [3.05, 3.63) is 56.0 Å². The first-order chi connectivity index (χ1) is 8.11. The third kappa shape index (κ3) is 1.45. The highest BCUT2D eigenvalue weighted by molar-refractivity contribution is 9.11. The van der Waals surface area contributed by atoms with E-state index in [-0.39, 0.29) is 5.78 Å². The van der Waals surface area contributed by atoms with Gasteiger partial charge in [-0.2, -0.15) is 0 Å². The van der Waals surface area contributed by atoms with Crippen molar-refractivity contribution in [2.24, 2.45) is 0 Å². The number of hydrogen-bond acceptors (Lipinski definition) is 1. The van der Waals surface area contributed by atoms with Crippen molar-refractivity contribution in [3.8, 4) is 11.1 Å². The number of carbonyl (C=O) groups is 1. The Morgan fingerprint density at radius 3 is 2.41 bits per heavy atom. The first-order valence-corrected chi connectivity index (χ1v) is 6.82. The highest BCUT2D eigenvalue weighted by atomic mass is 79.9. The first kappa shape index (κ1) is 11.2. The number of rotatable bonds is 0. The maximum Gasteiger partial charge on any atom is 0.196 e. The summed E-state index contributed by atoms with van der Waals surface area (Å²) in [5.74, 6) is 0.0954. The van der Waals surface area contributed by atoms with Gasteiger partial charge in [0.25, 0.3) is 0 Å². The summed E-state index contributed by atoms with van der Waals surface area (Å²) in [6.07, 6.45) is 0. The number of ketones is 1. The van der Waals surface area contributed by atoms with E-state index in [2.05, 4.69) is 31.9 Å². The summed E-state index contributed by atoms with van der Waals surface area (Å²) in [7, 11) is 0. The zero-order chi connectivity index (χ0) is 12.2. The van der Waals surface area contributed by atoms with Crippen molar-refractivity contribution in [1.29, 1.82) is 0 Å². The zero-order valence-electron chi connectivity index (χ0n) is 9.05. The van der Waals surface area contributed by atoms with Gasteiger partial charge in [0.1, 0.15) is 0 Å². The minimum atomic E-state index is 0.0954. The van der Waals surface area contributed by atoms with Crippen LogP contribution in [0.4, 0.5) is 0 Å². The average molecular weight is 352 g/mol. The molecule has 0 saturated carbocycles. The molecule has 1 aliphatic carbocycles. The molecule has 0 spiro atoms. The summed E-state index contributed by atoms with van der Waals surface area (Å²) in [6.45, 7) is 2.00. The molecule has 2 aromatic rings. The molecule has 0 aliphatic heterocycles. The Kier molecular flexibility index (Phi) is 2.49. The van der Waals surface area contributed by atoms with Crippen LogP contribution in [0.15, 0.2) is 39.3 Å². The summed E-state index contributed by atoms with van der Waals surface area (Å²) in [5.41, 5.74) is 4.67. The van der Waals surface area contributed by atoms with Crippen molar-refractivity contribution < 1.29 is 4.79 Å². The van der Waals surface area contributed by atoms with Gasteiger partial charge in [-0.15, -0.1) is 0 Å². The zero-order valence-corrected chi connectivity index (χ0v) is 12.2. The van der Waals surface area contributed by atoms with E-state index in [0.29, 0.717) is 0 Å². The van der Waals surface area contributed by atoms with Crippen molar-refractivity contribution in [3.63, 3.8) is 0 Å². The lowest BCUT2D eigenvalue weighted by atomic mass is 10.0. The fourth-order valence-electron chi connectivity index (χ4n) is 2.23. The maximum absolute atomic E-state index is 12.4. The van der Waals surface area contributed by atoms with Crippen LogP contribution in [0.25, 0.3) is 11.1 Å². The smallest absolute Gasteiger partial charge is 0.196 e. The van der Waals surface area contributed by atoms with Gasteiger partial charge >= 0.3 is 0 Å². The molecule has 0 N–H and O–H groups in total. The van der Waals surface area contributed by atoms with Crippen LogP contribution in [0.3, 0.4) is 0 Å². The second-order valence-corrected chi connectivity index (χ2v) is 5.76. The Morgan fingerprint density at radius 2 is 1.65 bits per heavy atom. The molecule has 0 saturated heterocycles. The predicted octanol–water partition coefficient (Wildman–Crippen LogP) is 4.73. The minimum Gasteiger partial charge on any atom is -0.288 e. The van der Waals surface area contributed by atoms with Gasteiger partial charge in [0.15, 0.2) is 5.78 Å². The fraction of sp³-hybridized carbons (Fsp3) is 0.0714. The van der Waals surface area contributed by atoms with Crippen LogP contribution in [0, 0.1) is 6.92 Å². The summed E-state index contributed by atoms with van der Waals surface area (Å²) >= 11 is 6.97. The number of benzene rings is 2. The topological polar surface area (TPSA) is 17.1 Å². The molecule has 84 valence electrons. The van der Waals surface area contributed by atoms with E-state index in [1.807, 2.05) is 37.3 Å². The van der Waals surface area contributed by atoms with E-state index >= 15 is 0 Å². The summed E-state index contributed by atoms with van der Waals surface area (Å²) in [4.78, 5) is 12.4. The monoisotopic (exact) mass is 350 g/mol. The number of hydrogen-bond donors (Lipinski definition) is 0. The van der Waals surface area contributed by atoms with Gasteiger partial charge in [0.2, 0.25) is 0 Å². The van der Waals surface area contributed by atoms with Gasteiger partial charge in [0.05, 0.1) is 0 Å². The first-order valence-electron chi connectivity index (χ1n) is 5.24. The normalized spacial score (nSPS) is 12.5. The van der Waals surface area contributed by atoms with Crippen LogP contribution in [-0.2, 0) is 0 Å². The molecule has 0 amide bonds. The van der Waals surface area contributed by atoms with Crippen molar-refractivity contribution in [1.82, 2.24) is 0 Å². The molecule has 1 nitrogen and oxygen atoms in total. The Bertz CT molecular complexity index is 660. The van der Waals surface area contributed by atoms with Crippen LogP contribution in [0.1, 0.15) is 21.5 Å². The van der Waals surface area contributed by atoms with Crippen molar-refractivity contribution in [2.75, 3.05) is 0 Å².